The van der Waals surface area contributed by atoms with Crippen molar-refractivity contribution in [3.05, 3.63) is 40.1 Å². The zero-order chi connectivity index (χ0) is 15.1. The summed E-state index contributed by atoms with van der Waals surface area (Å²) < 4.78 is 2.07. The number of aryl methyl sites for hydroxylation is 4. The van der Waals surface area contributed by atoms with Crippen LogP contribution in [0.5, 0.6) is 0 Å². The minimum Gasteiger partial charge on any atom is -0.324 e. The van der Waals surface area contributed by atoms with Gasteiger partial charge in [-0.05, 0) is 51.2 Å². The fraction of sp³-hybridized carbons (Fsp3) is 0.500. The zero-order valence-electron chi connectivity index (χ0n) is 13.8. The fourth-order valence-electron chi connectivity index (χ4n) is 3.84. The van der Waals surface area contributed by atoms with Crippen molar-refractivity contribution in [3.63, 3.8) is 0 Å². The van der Waals surface area contributed by atoms with E-state index in [1.165, 1.54) is 45.9 Å². The second kappa shape index (κ2) is 5.21. The van der Waals surface area contributed by atoms with Gasteiger partial charge in [0.15, 0.2) is 5.82 Å². The van der Waals surface area contributed by atoms with Crippen molar-refractivity contribution in [2.75, 3.05) is 11.4 Å². The Morgan fingerprint density at radius 3 is 2.43 bits per heavy atom. The molecular weight excluding hydrogens is 258 g/mol. The Morgan fingerprint density at radius 2 is 1.81 bits per heavy atom. The highest BCUT2D eigenvalue weighted by molar-refractivity contribution is 5.71. The van der Waals surface area contributed by atoms with Gasteiger partial charge in [0.05, 0.1) is 0 Å². The topological polar surface area (TPSA) is 21.1 Å². The number of benzene rings is 1. The lowest BCUT2D eigenvalue weighted by Gasteiger charge is -2.30. The number of aromatic nitrogens is 2. The Hall–Kier alpha value is -1.77. The lowest BCUT2D eigenvalue weighted by Crippen LogP contribution is -2.26. The maximum Gasteiger partial charge on any atom is 0.158 e. The Balaban J connectivity index is 2.15. The van der Waals surface area contributed by atoms with Crippen LogP contribution >= 0.6 is 0 Å². The van der Waals surface area contributed by atoms with E-state index >= 15 is 0 Å². The normalized spacial score (nSPS) is 14.4. The number of hydrogen-bond donors (Lipinski definition) is 0. The number of rotatable bonds is 2. The van der Waals surface area contributed by atoms with Crippen molar-refractivity contribution in [3.8, 4) is 0 Å². The van der Waals surface area contributed by atoms with Crippen molar-refractivity contribution in [2.24, 2.45) is 7.05 Å². The minimum atomic E-state index is 1.05. The summed E-state index contributed by atoms with van der Waals surface area (Å²) >= 11 is 0. The van der Waals surface area contributed by atoms with Crippen LogP contribution in [0.4, 0.5) is 11.5 Å². The predicted octanol–water partition coefficient (Wildman–Crippen LogP) is 3.99. The molecule has 0 amide bonds. The molecule has 3 nitrogen and oxygen atoms in total. The molecule has 0 N–H and O–H groups in total. The van der Waals surface area contributed by atoms with E-state index in [1.54, 1.807) is 0 Å². The predicted molar refractivity (Wildman–Crippen MR) is 88.6 cm³/mol. The summed E-state index contributed by atoms with van der Waals surface area (Å²) in [6, 6.07) is 4.56. The van der Waals surface area contributed by atoms with Crippen molar-refractivity contribution >= 4 is 11.5 Å². The van der Waals surface area contributed by atoms with E-state index in [0.717, 1.165) is 19.4 Å². The van der Waals surface area contributed by atoms with Gasteiger partial charge in [-0.25, -0.2) is 0 Å². The fourth-order valence-corrected chi connectivity index (χ4v) is 3.84. The second-order valence-corrected chi connectivity index (χ2v) is 6.23. The van der Waals surface area contributed by atoms with E-state index in [9.17, 15) is 0 Å². The average molecular weight is 283 g/mol. The molecule has 1 aliphatic rings. The molecular formula is C18H25N3. The van der Waals surface area contributed by atoms with Gasteiger partial charge < -0.3 is 4.90 Å². The smallest absolute Gasteiger partial charge is 0.158 e. The van der Waals surface area contributed by atoms with Crippen molar-refractivity contribution < 1.29 is 0 Å². The lowest BCUT2D eigenvalue weighted by molar-refractivity contribution is 0.715. The van der Waals surface area contributed by atoms with Crippen LogP contribution in [0.2, 0.25) is 0 Å². The molecule has 3 heteroatoms. The van der Waals surface area contributed by atoms with Gasteiger partial charge in [-0.15, -0.1) is 0 Å². The van der Waals surface area contributed by atoms with Crippen LogP contribution in [0.1, 0.15) is 41.3 Å². The molecule has 1 aliphatic heterocycles. The number of anilines is 2. The van der Waals surface area contributed by atoms with Gasteiger partial charge in [-0.1, -0.05) is 24.6 Å². The molecule has 0 bridgehead atoms. The molecule has 0 spiro atoms. The minimum absolute atomic E-state index is 1.05. The molecule has 0 atom stereocenters. The van der Waals surface area contributed by atoms with E-state index in [2.05, 4.69) is 56.5 Å². The average Bonchev–Trinajstić information content (AvgIpc) is 2.73. The van der Waals surface area contributed by atoms with Crippen LogP contribution in [0, 0.1) is 20.8 Å². The SMILES string of the molecule is CCc1c2c(nn1C)N(c1c(C)cc(C)cc1C)CCC2. The summed E-state index contributed by atoms with van der Waals surface area (Å²) in [7, 11) is 2.07. The molecule has 21 heavy (non-hydrogen) atoms. The van der Waals surface area contributed by atoms with Crippen LogP contribution in [0.25, 0.3) is 0 Å². The van der Waals surface area contributed by atoms with Gasteiger partial charge in [-0.2, -0.15) is 5.10 Å². The van der Waals surface area contributed by atoms with Crippen LogP contribution in [-0.4, -0.2) is 16.3 Å². The largest absolute Gasteiger partial charge is 0.324 e. The monoisotopic (exact) mass is 283 g/mol. The third kappa shape index (κ3) is 2.25. The Bertz CT molecular complexity index is 659. The van der Waals surface area contributed by atoms with Crippen LogP contribution in [0.3, 0.4) is 0 Å². The summed E-state index contributed by atoms with van der Waals surface area (Å²) in [5.74, 6) is 1.18. The Kier molecular flexibility index (Phi) is 3.52. The van der Waals surface area contributed by atoms with E-state index in [-0.39, 0.29) is 0 Å². The molecule has 0 radical (unpaired) electrons. The molecule has 0 fully saturated rings. The molecule has 0 saturated heterocycles. The van der Waals surface area contributed by atoms with Gasteiger partial charge >= 0.3 is 0 Å². The first-order valence-electron chi connectivity index (χ1n) is 7.93. The maximum atomic E-state index is 4.83. The number of nitrogens with zero attached hydrogens (tertiary/aromatic N) is 3. The molecule has 1 aromatic heterocycles. The van der Waals surface area contributed by atoms with Gasteiger partial charge in [0.1, 0.15) is 0 Å². The quantitative estimate of drug-likeness (QED) is 0.831. The molecule has 3 rings (SSSR count). The molecule has 0 aliphatic carbocycles. The Labute approximate surface area is 127 Å². The third-order valence-corrected chi connectivity index (χ3v) is 4.56. The van der Waals surface area contributed by atoms with Gasteiger partial charge in [0, 0.05) is 30.5 Å². The summed E-state index contributed by atoms with van der Waals surface area (Å²) in [4.78, 5) is 2.43. The van der Waals surface area contributed by atoms with E-state index < -0.39 is 0 Å². The summed E-state index contributed by atoms with van der Waals surface area (Å²) in [6.45, 7) is 9.89. The van der Waals surface area contributed by atoms with Crippen LogP contribution in [0.15, 0.2) is 12.1 Å². The number of hydrogen-bond acceptors (Lipinski definition) is 2. The van der Waals surface area contributed by atoms with Crippen LogP contribution in [-0.2, 0) is 19.9 Å². The molecule has 1 aromatic carbocycles. The second-order valence-electron chi connectivity index (χ2n) is 6.23. The first-order valence-corrected chi connectivity index (χ1v) is 7.93. The highest BCUT2D eigenvalue weighted by Gasteiger charge is 2.26. The lowest BCUT2D eigenvalue weighted by atomic mass is 9.99. The van der Waals surface area contributed by atoms with E-state index in [4.69, 9.17) is 5.10 Å². The Morgan fingerprint density at radius 1 is 1.14 bits per heavy atom. The zero-order valence-corrected chi connectivity index (χ0v) is 13.8. The summed E-state index contributed by atoms with van der Waals surface area (Å²) in [5.41, 5.74) is 8.22. The van der Waals surface area contributed by atoms with E-state index in [0.29, 0.717) is 0 Å². The first kappa shape index (κ1) is 14.2. The van der Waals surface area contributed by atoms with E-state index in [1.807, 2.05) is 0 Å². The molecule has 0 saturated carbocycles. The number of fused-ring (bicyclic) bond motifs is 1. The standard InChI is InChI=1S/C18H25N3/c1-6-16-15-8-7-9-21(18(15)19-20(16)5)17-13(3)10-12(2)11-14(17)4/h10-11H,6-9H2,1-5H3. The summed E-state index contributed by atoms with van der Waals surface area (Å²) in [6.07, 6.45) is 3.42. The molecule has 2 heterocycles. The van der Waals surface area contributed by atoms with Crippen LogP contribution < -0.4 is 4.90 Å². The van der Waals surface area contributed by atoms with Crippen molar-refractivity contribution in [1.29, 1.82) is 0 Å². The molecule has 112 valence electrons. The third-order valence-electron chi connectivity index (χ3n) is 4.56. The highest BCUT2D eigenvalue weighted by Crippen LogP contribution is 2.38. The van der Waals surface area contributed by atoms with Crippen molar-refractivity contribution in [1.82, 2.24) is 9.78 Å². The molecule has 2 aromatic rings. The first-order chi connectivity index (χ1) is 10.0. The van der Waals surface area contributed by atoms with Crippen molar-refractivity contribution in [2.45, 2.75) is 47.0 Å². The summed E-state index contributed by atoms with van der Waals surface area (Å²) in [5, 5.41) is 4.83. The highest BCUT2D eigenvalue weighted by atomic mass is 15.4. The van der Waals surface area contributed by atoms with Gasteiger partial charge in [0.2, 0.25) is 0 Å². The molecule has 0 unspecified atom stereocenters. The van der Waals surface area contributed by atoms with Gasteiger partial charge in [-0.3, -0.25) is 4.68 Å². The van der Waals surface area contributed by atoms with Gasteiger partial charge in [0.25, 0.3) is 0 Å². The maximum absolute atomic E-state index is 4.83.